The largest absolute Gasteiger partial charge is 0.393 e. The van der Waals surface area contributed by atoms with Crippen molar-refractivity contribution in [1.29, 1.82) is 0 Å². The van der Waals surface area contributed by atoms with E-state index in [0.717, 1.165) is 47.5 Å². The number of rotatable bonds is 4. The molecule has 1 fully saturated rings. The van der Waals surface area contributed by atoms with E-state index in [1.54, 1.807) is 0 Å². The molecule has 5 heteroatoms. The van der Waals surface area contributed by atoms with Crippen molar-refractivity contribution in [1.82, 2.24) is 10.3 Å². The van der Waals surface area contributed by atoms with E-state index in [1.807, 2.05) is 60.7 Å². The molecular weight excluding hydrogens is 356 g/mol. The van der Waals surface area contributed by atoms with Crippen LogP contribution in [0, 0.1) is 0 Å². The fraction of sp³-hybridized carbons (Fsp3) is 0.273. The third-order valence-corrected chi connectivity index (χ3v) is 6.04. The molecule has 1 aromatic heterocycles. The number of benzene rings is 2. The van der Waals surface area contributed by atoms with Crippen molar-refractivity contribution >= 4 is 17.2 Å². The maximum atomic E-state index is 13.0. The standard InChI is InChI=1S/C22H22N2O2S/c25-18-13-11-17(12-14-18)23-21(26)20-19(15-7-3-1-4-8-15)24-22(27-20)16-9-5-2-6-10-16/h1-10,17-18,25H,11-14H2,(H,23,26). The lowest BCUT2D eigenvalue weighted by Crippen LogP contribution is -2.38. The van der Waals surface area contributed by atoms with E-state index in [1.165, 1.54) is 11.3 Å². The van der Waals surface area contributed by atoms with Crippen molar-refractivity contribution in [2.75, 3.05) is 0 Å². The molecule has 1 saturated carbocycles. The molecule has 2 aromatic carbocycles. The van der Waals surface area contributed by atoms with E-state index in [2.05, 4.69) is 5.32 Å². The summed E-state index contributed by atoms with van der Waals surface area (Å²) in [5, 5.41) is 13.7. The van der Waals surface area contributed by atoms with Gasteiger partial charge in [0, 0.05) is 17.2 Å². The zero-order valence-corrected chi connectivity index (χ0v) is 15.8. The Hall–Kier alpha value is -2.50. The maximum Gasteiger partial charge on any atom is 0.263 e. The summed E-state index contributed by atoms with van der Waals surface area (Å²) in [5.74, 6) is -0.0741. The Morgan fingerprint density at radius 2 is 1.52 bits per heavy atom. The molecule has 0 bridgehead atoms. The summed E-state index contributed by atoms with van der Waals surface area (Å²) in [6.07, 6.45) is 2.89. The molecule has 27 heavy (non-hydrogen) atoms. The highest BCUT2D eigenvalue weighted by atomic mass is 32.1. The number of carbonyl (C=O) groups excluding carboxylic acids is 1. The number of thiazole rings is 1. The van der Waals surface area contributed by atoms with Gasteiger partial charge in [-0.05, 0) is 25.7 Å². The first-order chi connectivity index (χ1) is 13.2. The Labute approximate surface area is 162 Å². The number of nitrogens with one attached hydrogen (secondary N) is 1. The van der Waals surface area contributed by atoms with Crippen LogP contribution in [-0.2, 0) is 0 Å². The molecule has 1 aliphatic rings. The van der Waals surface area contributed by atoms with Gasteiger partial charge in [0.05, 0.1) is 11.8 Å². The Morgan fingerprint density at radius 1 is 0.926 bits per heavy atom. The van der Waals surface area contributed by atoms with Crippen molar-refractivity contribution in [3.05, 3.63) is 65.5 Å². The average molecular weight is 378 g/mol. The first kappa shape index (κ1) is 17.9. The summed E-state index contributed by atoms with van der Waals surface area (Å²) in [6.45, 7) is 0. The third kappa shape index (κ3) is 4.10. The molecule has 4 rings (SSSR count). The van der Waals surface area contributed by atoms with Crippen molar-refractivity contribution < 1.29 is 9.90 Å². The number of nitrogens with zero attached hydrogens (tertiary/aromatic N) is 1. The Bertz CT molecular complexity index is 901. The van der Waals surface area contributed by atoms with Gasteiger partial charge in [0.25, 0.3) is 5.91 Å². The highest BCUT2D eigenvalue weighted by Crippen LogP contribution is 2.34. The van der Waals surface area contributed by atoms with E-state index in [-0.39, 0.29) is 18.1 Å². The predicted octanol–water partition coefficient (Wildman–Crippen LogP) is 4.51. The summed E-state index contributed by atoms with van der Waals surface area (Å²) in [4.78, 5) is 18.5. The molecule has 0 aliphatic heterocycles. The summed E-state index contributed by atoms with van der Waals surface area (Å²) >= 11 is 1.43. The molecule has 3 aromatic rings. The van der Waals surface area contributed by atoms with Crippen LogP contribution in [0.15, 0.2) is 60.7 Å². The van der Waals surface area contributed by atoms with Crippen LogP contribution >= 0.6 is 11.3 Å². The van der Waals surface area contributed by atoms with Crippen LogP contribution in [0.4, 0.5) is 0 Å². The molecule has 1 heterocycles. The lowest BCUT2D eigenvalue weighted by Gasteiger charge is -2.26. The van der Waals surface area contributed by atoms with Crippen molar-refractivity contribution in [3.8, 4) is 21.8 Å². The van der Waals surface area contributed by atoms with Gasteiger partial charge in [-0.3, -0.25) is 4.79 Å². The highest BCUT2D eigenvalue weighted by molar-refractivity contribution is 7.17. The molecule has 1 aliphatic carbocycles. The number of aliphatic hydroxyl groups excluding tert-OH is 1. The summed E-state index contributed by atoms with van der Waals surface area (Å²) in [6, 6.07) is 19.9. The summed E-state index contributed by atoms with van der Waals surface area (Å²) in [7, 11) is 0. The monoisotopic (exact) mass is 378 g/mol. The summed E-state index contributed by atoms with van der Waals surface area (Å²) in [5.41, 5.74) is 2.69. The van der Waals surface area contributed by atoms with Gasteiger partial charge < -0.3 is 10.4 Å². The number of carbonyl (C=O) groups is 1. The van der Waals surface area contributed by atoms with Crippen LogP contribution in [-0.4, -0.2) is 28.1 Å². The van der Waals surface area contributed by atoms with E-state index in [4.69, 9.17) is 4.98 Å². The topological polar surface area (TPSA) is 62.2 Å². The average Bonchev–Trinajstić information content (AvgIpc) is 3.17. The number of aliphatic hydroxyl groups is 1. The molecular formula is C22H22N2O2S. The fourth-order valence-electron chi connectivity index (χ4n) is 3.44. The number of amides is 1. The van der Waals surface area contributed by atoms with Gasteiger partial charge in [-0.25, -0.2) is 4.98 Å². The normalized spacial score (nSPS) is 19.6. The minimum absolute atomic E-state index is 0.0741. The van der Waals surface area contributed by atoms with Gasteiger partial charge in [-0.15, -0.1) is 11.3 Å². The van der Waals surface area contributed by atoms with Gasteiger partial charge in [-0.1, -0.05) is 60.7 Å². The molecule has 0 radical (unpaired) electrons. The van der Waals surface area contributed by atoms with E-state index < -0.39 is 0 Å². The first-order valence-corrected chi connectivity index (χ1v) is 10.1. The summed E-state index contributed by atoms with van der Waals surface area (Å²) < 4.78 is 0. The first-order valence-electron chi connectivity index (χ1n) is 9.31. The zero-order chi connectivity index (χ0) is 18.6. The van der Waals surface area contributed by atoms with Gasteiger partial charge in [0.15, 0.2) is 0 Å². The van der Waals surface area contributed by atoms with E-state index in [0.29, 0.717) is 4.88 Å². The van der Waals surface area contributed by atoms with Crippen LogP contribution in [0.1, 0.15) is 35.4 Å². The van der Waals surface area contributed by atoms with Crippen molar-refractivity contribution in [3.63, 3.8) is 0 Å². The van der Waals surface area contributed by atoms with Crippen LogP contribution in [0.5, 0.6) is 0 Å². The quantitative estimate of drug-likeness (QED) is 0.702. The van der Waals surface area contributed by atoms with Crippen molar-refractivity contribution in [2.45, 2.75) is 37.8 Å². The highest BCUT2D eigenvalue weighted by Gasteiger charge is 2.25. The van der Waals surface area contributed by atoms with Crippen LogP contribution in [0.2, 0.25) is 0 Å². The van der Waals surface area contributed by atoms with Gasteiger partial charge in [0.2, 0.25) is 0 Å². The Kier molecular flexibility index (Phi) is 5.32. The Balaban J connectivity index is 1.65. The van der Waals surface area contributed by atoms with Gasteiger partial charge in [0.1, 0.15) is 9.88 Å². The van der Waals surface area contributed by atoms with Crippen LogP contribution in [0.25, 0.3) is 21.8 Å². The molecule has 138 valence electrons. The zero-order valence-electron chi connectivity index (χ0n) is 15.0. The molecule has 2 N–H and O–H groups in total. The number of hydrogen-bond acceptors (Lipinski definition) is 4. The molecule has 1 amide bonds. The molecule has 0 spiro atoms. The minimum Gasteiger partial charge on any atom is -0.393 e. The second kappa shape index (κ2) is 8.03. The SMILES string of the molecule is O=C(NC1CCC(O)CC1)c1sc(-c2ccccc2)nc1-c1ccccc1. The second-order valence-corrected chi connectivity index (χ2v) is 7.91. The maximum absolute atomic E-state index is 13.0. The van der Waals surface area contributed by atoms with Crippen molar-refractivity contribution in [2.24, 2.45) is 0 Å². The second-order valence-electron chi connectivity index (χ2n) is 6.91. The molecule has 0 atom stereocenters. The number of aromatic nitrogens is 1. The molecule has 0 saturated heterocycles. The lowest BCUT2D eigenvalue weighted by molar-refractivity contribution is 0.0871. The lowest BCUT2D eigenvalue weighted by atomic mass is 9.93. The van der Waals surface area contributed by atoms with Gasteiger partial charge in [-0.2, -0.15) is 0 Å². The smallest absolute Gasteiger partial charge is 0.263 e. The van der Waals surface area contributed by atoms with Crippen LogP contribution < -0.4 is 5.32 Å². The fourth-order valence-corrected chi connectivity index (χ4v) is 4.44. The Morgan fingerprint density at radius 3 is 2.15 bits per heavy atom. The number of hydrogen-bond donors (Lipinski definition) is 2. The van der Waals surface area contributed by atoms with E-state index >= 15 is 0 Å². The molecule has 4 nitrogen and oxygen atoms in total. The third-order valence-electron chi connectivity index (χ3n) is 4.93. The van der Waals surface area contributed by atoms with Gasteiger partial charge >= 0.3 is 0 Å². The minimum atomic E-state index is -0.230. The van der Waals surface area contributed by atoms with Crippen LogP contribution in [0.3, 0.4) is 0 Å². The predicted molar refractivity (Wildman–Crippen MR) is 109 cm³/mol. The van der Waals surface area contributed by atoms with E-state index in [9.17, 15) is 9.90 Å². The molecule has 0 unspecified atom stereocenters.